The monoisotopic (exact) mass is 388 g/mol. The van der Waals surface area contributed by atoms with Crippen molar-refractivity contribution in [2.24, 2.45) is 16.9 Å². The Kier molecular flexibility index (Phi) is 4.57. The number of dihydropyridines is 1. The summed E-state index contributed by atoms with van der Waals surface area (Å²) < 4.78 is 0. The van der Waals surface area contributed by atoms with E-state index in [9.17, 15) is 0 Å². The first-order chi connectivity index (χ1) is 12.9. The highest BCUT2D eigenvalue weighted by molar-refractivity contribution is 6.34. The minimum absolute atomic E-state index is 0.114. The van der Waals surface area contributed by atoms with Gasteiger partial charge in [-0.1, -0.05) is 11.6 Å². The summed E-state index contributed by atoms with van der Waals surface area (Å²) in [5.41, 5.74) is 19.4. The molecular weight excluding hydrogens is 364 g/mol. The molecule has 1 saturated carbocycles. The van der Waals surface area contributed by atoms with E-state index >= 15 is 0 Å². The van der Waals surface area contributed by atoms with Gasteiger partial charge in [0.25, 0.3) is 0 Å². The number of hydrogen-bond acceptors (Lipinski definition) is 8. The van der Waals surface area contributed by atoms with Crippen LogP contribution < -0.4 is 27.4 Å². The Bertz CT molecular complexity index is 825. The van der Waals surface area contributed by atoms with Crippen molar-refractivity contribution < 1.29 is 0 Å². The Hall–Kier alpha value is -2.16. The van der Waals surface area contributed by atoms with Gasteiger partial charge in [-0.25, -0.2) is 9.97 Å². The number of nitrogen functional groups attached to an aromatic ring is 1. The van der Waals surface area contributed by atoms with Gasteiger partial charge in [-0.15, -0.1) is 0 Å². The highest BCUT2D eigenvalue weighted by atomic mass is 35.5. The molecule has 0 aromatic carbocycles. The molecule has 2 aliphatic heterocycles. The molecule has 144 valence electrons. The second-order valence-electron chi connectivity index (χ2n) is 7.57. The van der Waals surface area contributed by atoms with Crippen LogP contribution in [0.5, 0.6) is 0 Å². The lowest BCUT2D eigenvalue weighted by Crippen LogP contribution is -2.56. The normalized spacial score (nSPS) is 26.7. The summed E-state index contributed by atoms with van der Waals surface area (Å²) in [6.07, 6.45) is 9.00. The largest absolute Gasteiger partial charge is 0.382 e. The first-order valence-electron chi connectivity index (χ1n) is 9.21. The number of nitrogens with two attached hydrogens (primary N) is 3. The van der Waals surface area contributed by atoms with Gasteiger partial charge in [0, 0.05) is 24.7 Å². The average Bonchev–Trinajstić information content (AvgIpc) is 2.68. The van der Waals surface area contributed by atoms with Crippen molar-refractivity contribution in [1.29, 1.82) is 5.41 Å². The molecule has 1 aromatic heterocycles. The molecule has 8 N–H and O–H groups in total. The number of nitrogens with zero attached hydrogens (tertiary/aromatic N) is 3. The lowest BCUT2D eigenvalue weighted by molar-refractivity contribution is 0.0610. The van der Waals surface area contributed by atoms with Crippen LogP contribution in [0.1, 0.15) is 31.4 Å². The molecule has 3 heterocycles. The molecule has 1 saturated heterocycles. The van der Waals surface area contributed by atoms with Crippen LogP contribution in [-0.2, 0) is 0 Å². The standard InChI is InChI=1S/C18H25ClN8/c19-13-10(2-6-24-16(13)22)14(21)15-17(23)26-12(9-25-15)27-7-4-18(5-8-27)3-1-11(18)20/h2,6,9,11,16,21,24H,1,3-5,7-8,20,22H2,(H2,23,26). The van der Waals surface area contributed by atoms with Crippen molar-refractivity contribution >= 4 is 28.9 Å². The van der Waals surface area contributed by atoms with Crippen LogP contribution in [0.2, 0.25) is 0 Å². The molecule has 2 fully saturated rings. The molecule has 8 nitrogen and oxygen atoms in total. The van der Waals surface area contributed by atoms with E-state index in [-0.39, 0.29) is 11.5 Å². The fraction of sp³-hybridized carbons (Fsp3) is 0.500. The number of rotatable bonds is 3. The number of nitrogens with one attached hydrogen (secondary N) is 2. The molecule has 0 radical (unpaired) electrons. The summed E-state index contributed by atoms with van der Waals surface area (Å²) in [6, 6.07) is 0.334. The third kappa shape index (κ3) is 3.07. The number of halogens is 1. The molecule has 9 heteroatoms. The summed E-state index contributed by atoms with van der Waals surface area (Å²) in [7, 11) is 0. The summed E-state index contributed by atoms with van der Waals surface area (Å²) in [4.78, 5) is 11.1. The molecule has 1 aliphatic carbocycles. The minimum atomic E-state index is -0.543. The maximum absolute atomic E-state index is 8.42. The lowest BCUT2D eigenvalue weighted by Gasteiger charge is -2.52. The van der Waals surface area contributed by atoms with Crippen molar-refractivity contribution in [3.63, 3.8) is 0 Å². The zero-order valence-electron chi connectivity index (χ0n) is 15.1. The predicted molar refractivity (Wildman–Crippen MR) is 107 cm³/mol. The first-order valence-corrected chi connectivity index (χ1v) is 9.59. The van der Waals surface area contributed by atoms with Gasteiger partial charge in [0.05, 0.1) is 16.9 Å². The van der Waals surface area contributed by atoms with Gasteiger partial charge < -0.3 is 27.4 Å². The van der Waals surface area contributed by atoms with Crippen LogP contribution in [0.15, 0.2) is 29.1 Å². The van der Waals surface area contributed by atoms with Crippen LogP contribution >= 0.6 is 11.6 Å². The molecule has 0 bridgehead atoms. The third-order valence-corrected chi connectivity index (χ3v) is 6.61. The zero-order valence-corrected chi connectivity index (χ0v) is 15.8. The van der Waals surface area contributed by atoms with E-state index in [0.717, 1.165) is 38.2 Å². The first kappa shape index (κ1) is 18.2. The predicted octanol–water partition coefficient (Wildman–Crippen LogP) is 1.03. The van der Waals surface area contributed by atoms with Crippen LogP contribution in [-0.4, -0.2) is 41.0 Å². The highest BCUT2D eigenvalue weighted by Gasteiger charge is 2.46. The Morgan fingerprint density at radius 2 is 2.04 bits per heavy atom. The lowest BCUT2D eigenvalue weighted by atomic mass is 9.60. The molecule has 4 rings (SSSR count). The second-order valence-corrected chi connectivity index (χ2v) is 7.98. The third-order valence-electron chi connectivity index (χ3n) is 6.17. The molecule has 2 atom stereocenters. The van der Waals surface area contributed by atoms with Crippen LogP contribution in [0.25, 0.3) is 0 Å². The van der Waals surface area contributed by atoms with E-state index in [4.69, 9.17) is 34.2 Å². The van der Waals surface area contributed by atoms with E-state index in [1.165, 1.54) is 6.42 Å². The fourth-order valence-electron chi connectivity index (χ4n) is 4.15. The Balaban J connectivity index is 1.51. The molecule has 0 amide bonds. The fourth-order valence-corrected chi connectivity index (χ4v) is 4.37. The summed E-state index contributed by atoms with van der Waals surface area (Å²) in [5.74, 6) is 0.958. The molecule has 1 aromatic rings. The summed E-state index contributed by atoms with van der Waals surface area (Å²) >= 11 is 6.23. The smallest absolute Gasteiger partial charge is 0.154 e. The Morgan fingerprint density at radius 1 is 1.30 bits per heavy atom. The van der Waals surface area contributed by atoms with E-state index in [1.54, 1.807) is 18.5 Å². The molecule has 2 unspecified atom stereocenters. The Morgan fingerprint density at radius 3 is 2.63 bits per heavy atom. The quantitative estimate of drug-likeness (QED) is 0.486. The zero-order chi connectivity index (χ0) is 19.2. The highest BCUT2D eigenvalue weighted by Crippen LogP contribution is 2.48. The average molecular weight is 389 g/mol. The van der Waals surface area contributed by atoms with Gasteiger partial charge in [-0.05, 0) is 43.4 Å². The molecule has 1 spiro atoms. The molecular formula is C18H25ClN8. The van der Waals surface area contributed by atoms with Crippen molar-refractivity contribution in [3.8, 4) is 0 Å². The van der Waals surface area contributed by atoms with E-state index in [1.807, 2.05) is 0 Å². The van der Waals surface area contributed by atoms with Crippen LogP contribution in [0.3, 0.4) is 0 Å². The van der Waals surface area contributed by atoms with Crippen molar-refractivity contribution in [2.75, 3.05) is 23.7 Å². The number of aromatic nitrogens is 2. The number of piperidine rings is 1. The molecule has 3 aliphatic rings. The van der Waals surface area contributed by atoms with Gasteiger partial charge >= 0.3 is 0 Å². The molecule has 27 heavy (non-hydrogen) atoms. The number of anilines is 2. The second kappa shape index (κ2) is 6.78. The van der Waals surface area contributed by atoms with Gasteiger partial charge in [-0.3, -0.25) is 5.41 Å². The maximum Gasteiger partial charge on any atom is 0.154 e. The number of allylic oxidation sites excluding steroid dienone is 2. The summed E-state index contributed by atoms with van der Waals surface area (Å²) in [5, 5.41) is 11.7. The van der Waals surface area contributed by atoms with Gasteiger partial charge in [0.2, 0.25) is 0 Å². The van der Waals surface area contributed by atoms with E-state index in [0.29, 0.717) is 27.8 Å². The SMILES string of the molecule is N=C(C1=C(Cl)C(N)NC=C1)c1ncc(N2CCC3(CCC3N)CC2)nc1N. The minimum Gasteiger partial charge on any atom is -0.382 e. The van der Waals surface area contributed by atoms with Gasteiger partial charge in [0.1, 0.15) is 17.7 Å². The van der Waals surface area contributed by atoms with E-state index in [2.05, 4.69) is 20.2 Å². The number of hydrogen-bond donors (Lipinski definition) is 5. The van der Waals surface area contributed by atoms with Crippen molar-refractivity contribution in [1.82, 2.24) is 15.3 Å². The van der Waals surface area contributed by atoms with Crippen LogP contribution in [0.4, 0.5) is 11.6 Å². The van der Waals surface area contributed by atoms with E-state index < -0.39 is 6.17 Å². The summed E-state index contributed by atoms with van der Waals surface area (Å²) in [6.45, 7) is 1.80. The van der Waals surface area contributed by atoms with Gasteiger partial charge in [-0.2, -0.15) is 0 Å². The Labute approximate surface area is 163 Å². The van der Waals surface area contributed by atoms with Crippen molar-refractivity contribution in [2.45, 2.75) is 37.9 Å². The van der Waals surface area contributed by atoms with Crippen LogP contribution in [0, 0.1) is 10.8 Å². The van der Waals surface area contributed by atoms with Crippen molar-refractivity contribution in [3.05, 3.63) is 34.8 Å². The van der Waals surface area contributed by atoms with Gasteiger partial charge in [0.15, 0.2) is 5.82 Å². The topological polar surface area (TPSA) is 143 Å². The maximum atomic E-state index is 8.42.